The number of piperidine rings is 1. The summed E-state index contributed by atoms with van der Waals surface area (Å²) in [6.45, 7) is 1.75. The maximum atomic E-state index is 12.0. The number of carbonyl (C=O) groups excluding carboxylic acids is 1. The zero-order chi connectivity index (χ0) is 15.0. The van der Waals surface area contributed by atoms with Crippen LogP contribution in [0.15, 0.2) is 18.2 Å². The third-order valence-electron chi connectivity index (χ3n) is 3.91. The molecule has 1 amide bonds. The minimum atomic E-state index is 0.147. The lowest BCUT2D eigenvalue weighted by atomic mass is 9.96. The molecule has 4 nitrogen and oxygen atoms in total. The number of amides is 1. The van der Waals surface area contributed by atoms with E-state index in [-0.39, 0.29) is 11.8 Å². The molecule has 1 aromatic carbocycles. The summed E-state index contributed by atoms with van der Waals surface area (Å²) < 4.78 is 1.11. The highest BCUT2D eigenvalue weighted by molar-refractivity contribution is 7.22. The van der Waals surface area contributed by atoms with Crippen molar-refractivity contribution < 1.29 is 4.79 Å². The number of hydrogen-bond acceptors (Lipinski definition) is 4. The van der Waals surface area contributed by atoms with E-state index >= 15 is 0 Å². The molecule has 0 atom stereocenters. The summed E-state index contributed by atoms with van der Waals surface area (Å²) in [6.07, 6.45) is 1.78. The van der Waals surface area contributed by atoms with Crippen molar-refractivity contribution in [1.82, 2.24) is 9.88 Å². The number of para-hydroxylation sites is 1. The first-order valence-electron chi connectivity index (χ1n) is 7.07. The summed E-state index contributed by atoms with van der Waals surface area (Å²) in [6, 6.07) is 5.87. The molecule has 112 valence electrons. The van der Waals surface area contributed by atoms with Crippen LogP contribution < -0.4 is 4.90 Å². The van der Waals surface area contributed by atoms with Crippen molar-refractivity contribution in [3.63, 3.8) is 0 Å². The Bertz CT molecular complexity index is 662. The minimum absolute atomic E-state index is 0.147. The fourth-order valence-electron chi connectivity index (χ4n) is 2.72. The van der Waals surface area contributed by atoms with Crippen LogP contribution in [-0.4, -0.2) is 43.0 Å². The lowest BCUT2D eigenvalue weighted by molar-refractivity contribution is -0.133. The zero-order valence-corrected chi connectivity index (χ0v) is 13.7. The van der Waals surface area contributed by atoms with E-state index in [1.54, 1.807) is 16.2 Å². The average molecular weight is 324 g/mol. The molecule has 1 aliphatic rings. The van der Waals surface area contributed by atoms with Crippen molar-refractivity contribution in [2.24, 2.45) is 5.92 Å². The van der Waals surface area contributed by atoms with Gasteiger partial charge in [-0.3, -0.25) is 4.79 Å². The van der Waals surface area contributed by atoms with Gasteiger partial charge in [0.15, 0.2) is 5.13 Å². The number of thiazole rings is 1. The summed E-state index contributed by atoms with van der Waals surface area (Å²) in [4.78, 5) is 20.6. The lowest BCUT2D eigenvalue weighted by Gasteiger charge is -2.32. The molecule has 0 bridgehead atoms. The topological polar surface area (TPSA) is 36.4 Å². The fraction of sp³-hybridized carbons (Fsp3) is 0.467. The van der Waals surface area contributed by atoms with Crippen molar-refractivity contribution in [1.29, 1.82) is 0 Å². The Kier molecular flexibility index (Phi) is 4.04. The third kappa shape index (κ3) is 2.85. The number of anilines is 1. The van der Waals surface area contributed by atoms with Crippen LogP contribution in [0, 0.1) is 5.92 Å². The Balaban J connectivity index is 1.74. The van der Waals surface area contributed by atoms with Crippen LogP contribution in [0.5, 0.6) is 0 Å². The second-order valence-corrected chi connectivity index (χ2v) is 6.99. The van der Waals surface area contributed by atoms with Crippen LogP contribution in [0.2, 0.25) is 5.02 Å². The van der Waals surface area contributed by atoms with Crippen LogP contribution in [0.25, 0.3) is 10.2 Å². The molecule has 1 aromatic heterocycles. The smallest absolute Gasteiger partial charge is 0.225 e. The van der Waals surface area contributed by atoms with Gasteiger partial charge in [-0.05, 0) is 25.0 Å². The van der Waals surface area contributed by atoms with Crippen molar-refractivity contribution in [3.8, 4) is 0 Å². The van der Waals surface area contributed by atoms with Gasteiger partial charge in [-0.25, -0.2) is 4.98 Å². The van der Waals surface area contributed by atoms with Crippen LogP contribution >= 0.6 is 22.9 Å². The number of halogens is 1. The van der Waals surface area contributed by atoms with Gasteiger partial charge in [0.2, 0.25) is 5.91 Å². The highest BCUT2D eigenvalue weighted by Gasteiger charge is 2.27. The van der Waals surface area contributed by atoms with Gasteiger partial charge in [0, 0.05) is 33.1 Å². The van der Waals surface area contributed by atoms with Crippen molar-refractivity contribution in [2.75, 3.05) is 32.1 Å². The van der Waals surface area contributed by atoms with E-state index < -0.39 is 0 Å². The molecule has 6 heteroatoms. The van der Waals surface area contributed by atoms with Crippen LogP contribution in [0.3, 0.4) is 0 Å². The first kappa shape index (κ1) is 14.6. The zero-order valence-electron chi connectivity index (χ0n) is 12.2. The second kappa shape index (κ2) is 5.81. The van der Waals surface area contributed by atoms with E-state index in [2.05, 4.69) is 9.88 Å². The van der Waals surface area contributed by atoms with E-state index in [0.717, 1.165) is 41.3 Å². The monoisotopic (exact) mass is 323 g/mol. The molecule has 1 fully saturated rings. The Morgan fingerprint density at radius 3 is 2.71 bits per heavy atom. The Morgan fingerprint density at radius 1 is 1.38 bits per heavy atom. The molecule has 0 spiro atoms. The summed E-state index contributed by atoms with van der Waals surface area (Å²) in [5.74, 6) is 0.385. The van der Waals surface area contributed by atoms with E-state index in [1.165, 1.54) is 0 Å². The third-order valence-corrected chi connectivity index (χ3v) is 5.30. The van der Waals surface area contributed by atoms with Gasteiger partial charge in [-0.15, -0.1) is 0 Å². The van der Waals surface area contributed by atoms with Crippen LogP contribution in [0.4, 0.5) is 5.13 Å². The standard InChI is InChI=1S/C15H18ClN3OS/c1-18(2)14(20)10-6-8-19(9-7-10)15-17-13-11(16)4-3-5-12(13)21-15/h3-5,10H,6-9H2,1-2H3. The predicted octanol–water partition coefficient (Wildman–Crippen LogP) is 3.25. The molecule has 0 unspecified atom stereocenters. The minimum Gasteiger partial charge on any atom is -0.349 e. The number of aromatic nitrogens is 1. The molecule has 1 aliphatic heterocycles. The van der Waals surface area contributed by atoms with Crippen molar-refractivity contribution in [3.05, 3.63) is 23.2 Å². The molecular formula is C15H18ClN3OS. The molecule has 3 rings (SSSR count). The Morgan fingerprint density at radius 2 is 2.10 bits per heavy atom. The van der Waals surface area contributed by atoms with Gasteiger partial charge in [-0.1, -0.05) is 29.0 Å². The SMILES string of the molecule is CN(C)C(=O)C1CCN(c2nc3c(Cl)cccc3s2)CC1. The van der Waals surface area contributed by atoms with Crippen molar-refractivity contribution >= 4 is 44.2 Å². The quantitative estimate of drug-likeness (QED) is 0.851. The van der Waals surface area contributed by atoms with E-state index in [1.807, 2.05) is 32.3 Å². The summed E-state index contributed by atoms with van der Waals surface area (Å²) in [5.41, 5.74) is 0.880. The number of carbonyl (C=O) groups is 1. The van der Waals surface area contributed by atoms with Crippen LogP contribution in [-0.2, 0) is 4.79 Å². The van der Waals surface area contributed by atoms with Gasteiger partial charge >= 0.3 is 0 Å². The van der Waals surface area contributed by atoms with Gasteiger partial charge in [-0.2, -0.15) is 0 Å². The second-order valence-electron chi connectivity index (χ2n) is 5.58. The maximum Gasteiger partial charge on any atom is 0.225 e. The first-order chi connectivity index (χ1) is 10.1. The molecule has 0 N–H and O–H groups in total. The van der Waals surface area contributed by atoms with Crippen molar-refractivity contribution in [2.45, 2.75) is 12.8 Å². The van der Waals surface area contributed by atoms with E-state index in [0.29, 0.717) is 5.02 Å². The molecule has 0 saturated carbocycles. The number of hydrogen-bond donors (Lipinski definition) is 0. The molecule has 1 saturated heterocycles. The molecule has 2 aromatic rings. The highest BCUT2D eigenvalue weighted by Crippen LogP contribution is 2.34. The summed E-state index contributed by atoms with van der Waals surface area (Å²) in [5, 5.41) is 1.71. The highest BCUT2D eigenvalue weighted by atomic mass is 35.5. The summed E-state index contributed by atoms with van der Waals surface area (Å²) in [7, 11) is 3.65. The first-order valence-corrected chi connectivity index (χ1v) is 8.27. The van der Waals surface area contributed by atoms with E-state index in [9.17, 15) is 4.79 Å². The lowest BCUT2D eigenvalue weighted by Crippen LogP contribution is -2.40. The normalized spacial score (nSPS) is 16.4. The van der Waals surface area contributed by atoms with Gasteiger partial charge in [0.05, 0.1) is 9.72 Å². The van der Waals surface area contributed by atoms with Gasteiger partial charge < -0.3 is 9.80 Å². The molecule has 0 aliphatic carbocycles. The number of benzene rings is 1. The van der Waals surface area contributed by atoms with Gasteiger partial charge in [0.25, 0.3) is 0 Å². The Labute approximate surface area is 133 Å². The maximum absolute atomic E-state index is 12.0. The summed E-state index contributed by atoms with van der Waals surface area (Å²) >= 11 is 7.85. The largest absolute Gasteiger partial charge is 0.349 e. The number of rotatable bonds is 2. The van der Waals surface area contributed by atoms with Gasteiger partial charge in [0.1, 0.15) is 5.52 Å². The number of nitrogens with zero attached hydrogens (tertiary/aromatic N) is 3. The molecule has 0 radical (unpaired) electrons. The van der Waals surface area contributed by atoms with Crippen LogP contribution in [0.1, 0.15) is 12.8 Å². The number of fused-ring (bicyclic) bond motifs is 1. The average Bonchev–Trinajstić information content (AvgIpc) is 2.92. The predicted molar refractivity (Wildman–Crippen MR) is 88.3 cm³/mol. The Hall–Kier alpha value is -1.33. The molecule has 2 heterocycles. The fourth-order valence-corrected chi connectivity index (χ4v) is 4.04. The van der Waals surface area contributed by atoms with E-state index in [4.69, 9.17) is 11.6 Å². The molecule has 21 heavy (non-hydrogen) atoms. The molecular weight excluding hydrogens is 306 g/mol.